The van der Waals surface area contributed by atoms with E-state index in [1.165, 1.54) is 6.20 Å². The molecule has 180 valence electrons. The van der Waals surface area contributed by atoms with Gasteiger partial charge in [-0.15, -0.1) is 0 Å². The van der Waals surface area contributed by atoms with E-state index in [9.17, 15) is 14.4 Å². The maximum absolute atomic E-state index is 12.6. The molecule has 2 aromatic carbocycles. The highest BCUT2D eigenvalue weighted by atomic mass is 32.2. The van der Waals surface area contributed by atoms with Crippen molar-refractivity contribution in [2.24, 2.45) is 0 Å². The molecule has 0 spiro atoms. The van der Waals surface area contributed by atoms with Gasteiger partial charge in [0.25, 0.3) is 0 Å². The van der Waals surface area contributed by atoms with E-state index < -0.39 is 5.97 Å². The van der Waals surface area contributed by atoms with Crippen LogP contribution < -0.4 is 14.8 Å². The molecule has 35 heavy (non-hydrogen) atoms. The maximum atomic E-state index is 12.6. The number of nitrogens with one attached hydrogen (secondary N) is 1. The molecule has 1 N–H and O–H groups in total. The van der Waals surface area contributed by atoms with Gasteiger partial charge in [-0.1, -0.05) is 49.9 Å². The Morgan fingerprint density at radius 2 is 1.83 bits per heavy atom. The predicted molar refractivity (Wildman–Crippen MR) is 131 cm³/mol. The number of ether oxygens (including phenoxy) is 3. The van der Waals surface area contributed by atoms with Crippen molar-refractivity contribution in [2.75, 3.05) is 24.5 Å². The number of benzene rings is 2. The average molecular weight is 493 g/mol. The molecule has 0 unspecified atom stereocenters. The quantitative estimate of drug-likeness (QED) is 0.260. The third kappa shape index (κ3) is 6.19. The fraction of sp³-hybridized carbons (Fsp3) is 0.231. The summed E-state index contributed by atoms with van der Waals surface area (Å²) in [5, 5.41) is 3.12. The van der Waals surface area contributed by atoms with Gasteiger partial charge in [0.15, 0.2) is 23.9 Å². The first-order valence-electron chi connectivity index (χ1n) is 11.0. The van der Waals surface area contributed by atoms with Gasteiger partial charge in [-0.05, 0) is 35.7 Å². The number of fused-ring (bicyclic) bond motifs is 1. The molecule has 0 saturated carbocycles. The molecule has 8 nitrogen and oxygen atoms in total. The first-order valence-corrected chi connectivity index (χ1v) is 12.0. The van der Waals surface area contributed by atoms with Crippen molar-refractivity contribution in [3.8, 4) is 11.5 Å². The predicted octanol–water partition coefficient (Wildman–Crippen LogP) is 4.70. The molecule has 0 bridgehead atoms. The van der Waals surface area contributed by atoms with Crippen LogP contribution in [-0.4, -0.2) is 41.8 Å². The number of anilines is 1. The van der Waals surface area contributed by atoms with Crippen LogP contribution >= 0.6 is 11.8 Å². The van der Waals surface area contributed by atoms with E-state index in [1.807, 2.05) is 12.1 Å². The number of rotatable bonds is 9. The van der Waals surface area contributed by atoms with E-state index >= 15 is 0 Å². The summed E-state index contributed by atoms with van der Waals surface area (Å²) in [7, 11) is 0. The number of Topliss-reactive ketones (excluding diaryl/α,β-unsaturated/α-hetero) is 1. The number of ketones is 1. The van der Waals surface area contributed by atoms with Gasteiger partial charge in [-0.2, -0.15) is 0 Å². The lowest BCUT2D eigenvalue weighted by molar-refractivity contribution is -0.113. The molecule has 0 fully saturated rings. The molecule has 9 heteroatoms. The van der Waals surface area contributed by atoms with Crippen molar-refractivity contribution >= 4 is 35.1 Å². The average Bonchev–Trinajstić information content (AvgIpc) is 3.34. The number of aromatic nitrogens is 1. The molecule has 1 amide bonds. The molecule has 0 atom stereocenters. The molecular formula is C26H24N2O6S. The number of hydrogen-bond acceptors (Lipinski definition) is 8. The van der Waals surface area contributed by atoms with Crippen LogP contribution in [-0.2, 0) is 9.53 Å². The second-order valence-corrected chi connectivity index (χ2v) is 9.00. The second kappa shape index (κ2) is 11.1. The van der Waals surface area contributed by atoms with Crippen LogP contribution in [0.15, 0.2) is 65.8 Å². The molecule has 0 saturated heterocycles. The number of thioether (sulfide) groups is 1. The Balaban J connectivity index is 1.31. The van der Waals surface area contributed by atoms with Crippen LogP contribution in [0.5, 0.6) is 11.5 Å². The summed E-state index contributed by atoms with van der Waals surface area (Å²) in [6.45, 7) is 3.91. The van der Waals surface area contributed by atoms with Gasteiger partial charge in [-0.3, -0.25) is 9.59 Å². The minimum Gasteiger partial charge on any atom is -0.454 e. The molecule has 1 aliphatic heterocycles. The Labute approximate surface area is 207 Å². The summed E-state index contributed by atoms with van der Waals surface area (Å²) < 4.78 is 15.8. The van der Waals surface area contributed by atoms with Gasteiger partial charge in [0.2, 0.25) is 12.7 Å². The number of carbonyl (C=O) groups excluding carboxylic acids is 3. The van der Waals surface area contributed by atoms with Gasteiger partial charge in [0.05, 0.1) is 11.3 Å². The van der Waals surface area contributed by atoms with Crippen molar-refractivity contribution in [2.45, 2.75) is 24.8 Å². The van der Waals surface area contributed by atoms with Crippen molar-refractivity contribution in [1.29, 1.82) is 0 Å². The van der Waals surface area contributed by atoms with Gasteiger partial charge >= 0.3 is 5.97 Å². The SMILES string of the molecule is CC(C)c1ccc(C(=O)COC(=O)c2cccnc2SCC(=O)Nc2ccc3c(c2)OCO3)cc1. The van der Waals surface area contributed by atoms with Gasteiger partial charge in [0, 0.05) is 23.5 Å². The number of esters is 1. The van der Waals surface area contributed by atoms with E-state index in [0.717, 1.165) is 17.3 Å². The van der Waals surface area contributed by atoms with Crippen molar-refractivity contribution in [1.82, 2.24) is 4.98 Å². The minimum atomic E-state index is -0.677. The van der Waals surface area contributed by atoms with Crippen molar-refractivity contribution in [3.05, 3.63) is 77.5 Å². The third-order valence-electron chi connectivity index (χ3n) is 5.22. The van der Waals surface area contributed by atoms with Crippen molar-refractivity contribution < 1.29 is 28.6 Å². The monoisotopic (exact) mass is 492 g/mol. The van der Waals surface area contributed by atoms with Crippen LogP contribution in [0.25, 0.3) is 0 Å². The highest BCUT2D eigenvalue weighted by Crippen LogP contribution is 2.34. The summed E-state index contributed by atoms with van der Waals surface area (Å²) >= 11 is 1.10. The summed E-state index contributed by atoms with van der Waals surface area (Å²) in [4.78, 5) is 41.7. The minimum absolute atomic E-state index is 0.0207. The molecule has 2 heterocycles. The van der Waals surface area contributed by atoms with Gasteiger partial charge in [0.1, 0.15) is 5.03 Å². The van der Waals surface area contributed by atoms with E-state index in [4.69, 9.17) is 14.2 Å². The summed E-state index contributed by atoms with van der Waals surface area (Å²) in [5.41, 5.74) is 2.36. The Kier molecular flexibility index (Phi) is 7.67. The largest absolute Gasteiger partial charge is 0.454 e. The lowest BCUT2D eigenvalue weighted by atomic mass is 10.0. The zero-order valence-corrected chi connectivity index (χ0v) is 20.1. The molecule has 1 aromatic heterocycles. The summed E-state index contributed by atoms with van der Waals surface area (Å²) in [6, 6.07) is 15.5. The fourth-order valence-electron chi connectivity index (χ4n) is 3.31. The fourth-order valence-corrected chi connectivity index (χ4v) is 4.09. The van der Waals surface area contributed by atoms with E-state index in [1.54, 1.807) is 42.5 Å². The molecule has 0 radical (unpaired) electrons. The Morgan fingerprint density at radius 1 is 1.06 bits per heavy atom. The summed E-state index contributed by atoms with van der Waals surface area (Å²) in [5.74, 6) is 0.318. The standard InChI is InChI=1S/C26H24N2O6S/c1-16(2)17-5-7-18(8-6-17)21(29)13-32-26(31)20-4-3-11-27-25(20)35-14-24(30)28-19-9-10-22-23(12-19)34-15-33-22/h3-12,16H,13-15H2,1-2H3,(H,28,30). The highest BCUT2D eigenvalue weighted by molar-refractivity contribution is 8.00. The Bertz CT molecular complexity index is 1240. The van der Waals surface area contributed by atoms with E-state index in [-0.39, 0.29) is 36.4 Å². The number of hydrogen-bond donors (Lipinski definition) is 1. The highest BCUT2D eigenvalue weighted by Gasteiger charge is 2.18. The number of nitrogens with zero attached hydrogens (tertiary/aromatic N) is 1. The van der Waals surface area contributed by atoms with Crippen LogP contribution in [0.1, 0.15) is 46.0 Å². The van der Waals surface area contributed by atoms with Crippen LogP contribution in [0.4, 0.5) is 5.69 Å². The van der Waals surface area contributed by atoms with Gasteiger partial charge < -0.3 is 19.5 Å². The van der Waals surface area contributed by atoms with Gasteiger partial charge in [-0.25, -0.2) is 9.78 Å². The molecule has 1 aliphatic rings. The normalized spacial score (nSPS) is 11.9. The van der Waals surface area contributed by atoms with E-state index in [0.29, 0.717) is 33.7 Å². The smallest absolute Gasteiger partial charge is 0.341 e. The zero-order chi connectivity index (χ0) is 24.8. The first kappa shape index (κ1) is 24.3. The van der Waals surface area contributed by atoms with Crippen LogP contribution in [0.3, 0.4) is 0 Å². The summed E-state index contributed by atoms with van der Waals surface area (Å²) in [6.07, 6.45) is 1.52. The molecule has 4 rings (SSSR count). The lowest BCUT2D eigenvalue weighted by Crippen LogP contribution is -2.16. The number of carbonyl (C=O) groups is 3. The third-order valence-corrected chi connectivity index (χ3v) is 6.23. The number of amides is 1. The second-order valence-electron chi connectivity index (χ2n) is 8.04. The maximum Gasteiger partial charge on any atom is 0.341 e. The Hall–Kier alpha value is -3.85. The number of pyridine rings is 1. The lowest BCUT2D eigenvalue weighted by Gasteiger charge is -2.10. The molecule has 0 aliphatic carbocycles. The topological polar surface area (TPSA) is 104 Å². The van der Waals surface area contributed by atoms with Crippen LogP contribution in [0.2, 0.25) is 0 Å². The van der Waals surface area contributed by atoms with Crippen LogP contribution in [0, 0.1) is 0 Å². The van der Waals surface area contributed by atoms with Crippen molar-refractivity contribution in [3.63, 3.8) is 0 Å². The van der Waals surface area contributed by atoms with E-state index in [2.05, 4.69) is 24.1 Å². The first-order chi connectivity index (χ1) is 16.9. The Morgan fingerprint density at radius 3 is 2.60 bits per heavy atom. The molecule has 3 aromatic rings. The molecular weight excluding hydrogens is 468 g/mol. The zero-order valence-electron chi connectivity index (χ0n) is 19.3.